The summed E-state index contributed by atoms with van der Waals surface area (Å²) < 4.78 is 5.63. The fourth-order valence-corrected chi connectivity index (χ4v) is 3.25. The van der Waals surface area contributed by atoms with Crippen LogP contribution in [0.1, 0.15) is 43.7 Å². The molecule has 0 aromatic heterocycles. The SMILES string of the molecule is Cl.NC1CCCC(C(=O)NC2CCOc3ccccc32)C1. The highest BCUT2D eigenvalue weighted by molar-refractivity contribution is 5.85. The molecule has 1 saturated carbocycles. The highest BCUT2D eigenvalue weighted by Crippen LogP contribution is 2.32. The zero-order valence-corrected chi connectivity index (χ0v) is 12.9. The second-order valence-electron chi connectivity index (χ2n) is 5.86. The monoisotopic (exact) mass is 310 g/mol. The van der Waals surface area contributed by atoms with Crippen LogP contribution >= 0.6 is 12.4 Å². The van der Waals surface area contributed by atoms with E-state index >= 15 is 0 Å². The predicted octanol–water partition coefficient (Wildman–Crippen LogP) is 2.57. The zero-order valence-electron chi connectivity index (χ0n) is 12.1. The summed E-state index contributed by atoms with van der Waals surface area (Å²) in [6, 6.07) is 8.20. The van der Waals surface area contributed by atoms with Gasteiger partial charge in [0.15, 0.2) is 0 Å². The molecular weight excluding hydrogens is 288 g/mol. The molecule has 3 N–H and O–H groups in total. The van der Waals surface area contributed by atoms with Gasteiger partial charge in [-0.25, -0.2) is 0 Å². The van der Waals surface area contributed by atoms with E-state index in [1.807, 2.05) is 24.3 Å². The van der Waals surface area contributed by atoms with Crippen molar-refractivity contribution < 1.29 is 9.53 Å². The molecule has 1 aliphatic heterocycles. The van der Waals surface area contributed by atoms with Crippen LogP contribution in [-0.4, -0.2) is 18.6 Å². The highest BCUT2D eigenvalue weighted by atomic mass is 35.5. The van der Waals surface area contributed by atoms with Crippen LogP contribution in [0.5, 0.6) is 5.75 Å². The lowest BCUT2D eigenvalue weighted by Crippen LogP contribution is -2.40. The van der Waals surface area contributed by atoms with Gasteiger partial charge in [0.2, 0.25) is 5.91 Å². The summed E-state index contributed by atoms with van der Waals surface area (Å²) in [5, 5.41) is 3.19. The maximum atomic E-state index is 12.4. The number of carbonyl (C=O) groups excluding carboxylic acids is 1. The van der Waals surface area contributed by atoms with Gasteiger partial charge >= 0.3 is 0 Å². The Morgan fingerprint density at radius 1 is 1.24 bits per heavy atom. The molecule has 4 nitrogen and oxygen atoms in total. The molecule has 5 heteroatoms. The van der Waals surface area contributed by atoms with Gasteiger partial charge in [-0.1, -0.05) is 24.6 Å². The lowest BCUT2D eigenvalue weighted by Gasteiger charge is -2.30. The van der Waals surface area contributed by atoms with Crippen LogP contribution in [-0.2, 0) is 4.79 Å². The van der Waals surface area contributed by atoms with Gasteiger partial charge in [0.05, 0.1) is 12.6 Å². The second kappa shape index (κ2) is 7.14. The van der Waals surface area contributed by atoms with Crippen molar-refractivity contribution in [3.8, 4) is 5.75 Å². The first-order valence-corrected chi connectivity index (χ1v) is 7.51. The van der Waals surface area contributed by atoms with Crippen LogP contribution in [0.25, 0.3) is 0 Å². The summed E-state index contributed by atoms with van der Waals surface area (Å²) in [7, 11) is 0. The molecule has 1 aromatic rings. The number of hydrogen-bond donors (Lipinski definition) is 2. The topological polar surface area (TPSA) is 64.4 Å². The number of hydrogen-bond acceptors (Lipinski definition) is 3. The summed E-state index contributed by atoms with van der Waals surface area (Å²) in [5.74, 6) is 1.13. The van der Waals surface area contributed by atoms with Crippen molar-refractivity contribution in [2.24, 2.45) is 11.7 Å². The molecule has 3 atom stereocenters. The third-order valence-corrected chi connectivity index (χ3v) is 4.36. The largest absolute Gasteiger partial charge is 0.493 e. The van der Waals surface area contributed by atoms with E-state index in [0.29, 0.717) is 6.61 Å². The fourth-order valence-electron chi connectivity index (χ4n) is 3.25. The molecule has 3 unspecified atom stereocenters. The minimum absolute atomic E-state index is 0. The van der Waals surface area contributed by atoms with Crippen molar-refractivity contribution in [2.45, 2.75) is 44.2 Å². The first-order chi connectivity index (χ1) is 9.74. The summed E-state index contributed by atoms with van der Waals surface area (Å²) in [6.07, 6.45) is 4.72. The molecule has 21 heavy (non-hydrogen) atoms. The maximum Gasteiger partial charge on any atom is 0.223 e. The molecule has 0 spiro atoms. The molecule has 116 valence electrons. The van der Waals surface area contributed by atoms with Gasteiger partial charge in [-0.3, -0.25) is 4.79 Å². The van der Waals surface area contributed by atoms with Crippen LogP contribution in [0.15, 0.2) is 24.3 Å². The number of amides is 1. The minimum Gasteiger partial charge on any atom is -0.493 e. The Kier molecular flexibility index (Phi) is 5.48. The van der Waals surface area contributed by atoms with Crippen molar-refractivity contribution in [3.63, 3.8) is 0 Å². The Hall–Kier alpha value is -1.26. The molecule has 0 radical (unpaired) electrons. The number of carbonyl (C=O) groups is 1. The number of rotatable bonds is 2. The zero-order chi connectivity index (χ0) is 13.9. The van der Waals surface area contributed by atoms with Crippen molar-refractivity contribution in [1.29, 1.82) is 0 Å². The van der Waals surface area contributed by atoms with Crippen LogP contribution in [0.2, 0.25) is 0 Å². The van der Waals surface area contributed by atoms with E-state index in [-0.39, 0.29) is 36.3 Å². The lowest BCUT2D eigenvalue weighted by atomic mass is 9.85. The van der Waals surface area contributed by atoms with Gasteiger partial charge < -0.3 is 15.8 Å². The number of para-hydroxylation sites is 1. The Morgan fingerprint density at radius 2 is 2.05 bits per heavy atom. The van der Waals surface area contributed by atoms with Gasteiger partial charge in [0, 0.05) is 23.9 Å². The second-order valence-corrected chi connectivity index (χ2v) is 5.86. The predicted molar refractivity (Wildman–Crippen MR) is 84.6 cm³/mol. The van der Waals surface area contributed by atoms with E-state index in [2.05, 4.69) is 5.32 Å². The van der Waals surface area contributed by atoms with Gasteiger partial charge in [0.1, 0.15) is 5.75 Å². The van der Waals surface area contributed by atoms with E-state index in [4.69, 9.17) is 10.5 Å². The normalized spacial score (nSPS) is 27.8. The molecule has 1 heterocycles. The highest BCUT2D eigenvalue weighted by Gasteiger charge is 2.29. The van der Waals surface area contributed by atoms with Gasteiger partial charge in [-0.15, -0.1) is 12.4 Å². The third kappa shape index (κ3) is 3.69. The first kappa shape index (κ1) is 16.1. The number of fused-ring (bicyclic) bond motifs is 1. The molecular formula is C16H23ClN2O2. The smallest absolute Gasteiger partial charge is 0.223 e. The van der Waals surface area contributed by atoms with E-state index in [1.165, 1.54) is 0 Å². The quantitative estimate of drug-likeness (QED) is 0.882. The average molecular weight is 311 g/mol. The molecule has 3 rings (SSSR count). The average Bonchev–Trinajstić information content (AvgIpc) is 2.47. The molecule has 1 amide bonds. The summed E-state index contributed by atoms with van der Waals surface area (Å²) in [4.78, 5) is 12.4. The third-order valence-electron chi connectivity index (χ3n) is 4.36. The number of ether oxygens (including phenoxy) is 1. The Morgan fingerprint density at radius 3 is 2.86 bits per heavy atom. The molecule has 1 aromatic carbocycles. The molecule has 0 bridgehead atoms. The molecule has 1 aliphatic carbocycles. The number of benzene rings is 1. The minimum atomic E-state index is 0. The number of nitrogens with two attached hydrogens (primary N) is 1. The Bertz CT molecular complexity index is 495. The molecule has 1 fully saturated rings. The van der Waals surface area contributed by atoms with Gasteiger partial charge in [-0.2, -0.15) is 0 Å². The van der Waals surface area contributed by atoms with Crippen LogP contribution in [0.3, 0.4) is 0 Å². The standard InChI is InChI=1S/C16H22N2O2.ClH/c17-12-5-3-4-11(10-12)16(19)18-14-8-9-20-15-7-2-1-6-13(14)15;/h1-2,6-7,11-12,14H,3-5,8-10,17H2,(H,18,19);1H. The van der Waals surface area contributed by atoms with Crippen LogP contribution in [0.4, 0.5) is 0 Å². The molecule has 2 aliphatic rings. The number of halogens is 1. The maximum absolute atomic E-state index is 12.4. The fraction of sp³-hybridized carbons (Fsp3) is 0.562. The lowest BCUT2D eigenvalue weighted by molar-refractivity contribution is -0.127. The van der Waals surface area contributed by atoms with E-state index in [9.17, 15) is 4.79 Å². The van der Waals surface area contributed by atoms with Gasteiger partial charge in [-0.05, 0) is 25.3 Å². The van der Waals surface area contributed by atoms with E-state index in [0.717, 1.165) is 43.4 Å². The Balaban J connectivity index is 0.00000161. The first-order valence-electron chi connectivity index (χ1n) is 7.51. The summed E-state index contributed by atoms with van der Waals surface area (Å²) in [6.45, 7) is 0.659. The van der Waals surface area contributed by atoms with E-state index < -0.39 is 0 Å². The van der Waals surface area contributed by atoms with Crippen molar-refractivity contribution in [2.75, 3.05) is 6.61 Å². The van der Waals surface area contributed by atoms with Gasteiger partial charge in [0.25, 0.3) is 0 Å². The Labute approximate surface area is 131 Å². The summed E-state index contributed by atoms with van der Waals surface area (Å²) >= 11 is 0. The van der Waals surface area contributed by atoms with Crippen LogP contribution < -0.4 is 15.8 Å². The van der Waals surface area contributed by atoms with Crippen molar-refractivity contribution in [1.82, 2.24) is 5.32 Å². The summed E-state index contributed by atoms with van der Waals surface area (Å²) in [5.41, 5.74) is 7.06. The van der Waals surface area contributed by atoms with E-state index in [1.54, 1.807) is 0 Å². The van der Waals surface area contributed by atoms with Crippen LogP contribution in [0, 0.1) is 5.92 Å². The molecule has 0 saturated heterocycles. The van der Waals surface area contributed by atoms with Crippen molar-refractivity contribution in [3.05, 3.63) is 29.8 Å². The number of nitrogens with one attached hydrogen (secondary N) is 1. The van der Waals surface area contributed by atoms with Crippen molar-refractivity contribution >= 4 is 18.3 Å².